The average molecular weight is 223 g/mol. The van der Waals surface area contributed by atoms with E-state index in [1.54, 1.807) is 30.3 Å². The minimum Gasteiger partial charge on any atom is -0.479 e. The summed E-state index contributed by atoms with van der Waals surface area (Å²) in [7, 11) is 0. The van der Waals surface area contributed by atoms with Crippen LogP contribution in [0.3, 0.4) is 0 Å². The number of aliphatic hydroxyl groups excluding tert-OH is 1. The van der Waals surface area contributed by atoms with Crippen molar-refractivity contribution in [1.29, 1.82) is 0 Å². The van der Waals surface area contributed by atoms with Crippen LogP contribution < -0.4 is 0 Å². The van der Waals surface area contributed by atoms with Crippen molar-refractivity contribution in [2.75, 3.05) is 0 Å². The van der Waals surface area contributed by atoms with Crippen molar-refractivity contribution in [3.8, 4) is 0 Å². The van der Waals surface area contributed by atoms with Crippen LogP contribution in [-0.2, 0) is 4.79 Å². The maximum absolute atomic E-state index is 10.6. The molecule has 16 heavy (non-hydrogen) atoms. The van der Waals surface area contributed by atoms with E-state index in [1.807, 2.05) is 0 Å². The lowest BCUT2D eigenvalue weighted by atomic mass is 10.1. The Labute approximate surface area is 90.6 Å². The lowest BCUT2D eigenvalue weighted by Gasteiger charge is -2.02. The Morgan fingerprint density at radius 1 is 1.38 bits per heavy atom. The molecular weight excluding hydrogens is 214 g/mol. The summed E-state index contributed by atoms with van der Waals surface area (Å²) in [6.45, 7) is 0. The minimum absolute atomic E-state index is 0.453. The number of carbonyl (C=O) groups is 1. The highest BCUT2D eigenvalue weighted by Crippen LogP contribution is 2.11. The number of aliphatic carboxylic acids is 1. The number of rotatable bonds is 4. The van der Waals surface area contributed by atoms with Gasteiger partial charge >= 0.3 is 5.97 Å². The van der Waals surface area contributed by atoms with E-state index >= 15 is 0 Å². The van der Waals surface area contributed by atoms with Gasteiger partial charge in [0.1, 0.15) is 0 Å². The van der Waals surface area contributed by atoms with E-state index < -0.39 is 22.7 Å². The number of aliphatic hydroxyl groups is 1. The first kappa shape index (κ1) is 11.9. The molecule has 0 aliphatic carbocycles. The molecule has 0 aliphatic heterocycles. The van der Waals surface area contributed by atoms with Crippen LogP contribution in [0.25, 0.3) is 6.08 Å². The van der Waals surface area contributed by atoms with Crippen LogP contribution >= 0.6 is 0 Å². The number of nitrogens with zero attached hydrogens (tertiary/aromatic N) is 1. The van der Waals surface area contributed by atoms with Crippen LogP contribution in [-0.4, -0.2) is 27.2 Å². The molecule has 0 fully saturated rings. The Bertz CT molecular complexity index is 426. The second-order valence-electron chi connectivity index (χ2n) is 2.98. The molecular formula is C10H9NO5. The Morgan fingerprint density at radius 3 is 2.38 bits per heavy atom. The SMILES string of the molecule is O=C(O)[C@@H](O)/C(=C/c1ccccc1)[N+](=O)[O-]. The van der Waals surface area contributed by atoms with Crippen molar-refractivity contribution in [2.24, 2.45) is 0 Å². The van der Waals surface area contributed by atoms with Crippen LogP contribution in [0.15, 0.2) is 36.0 Å². The van der Waals surface area contributed by atoms with Crippen molar-refractivity contribution in [2.45, 2.75) is 6.10 Å². The van der Waals surface area contributed by atoms with Gasteiger partial charge in [0.15, 0.2) is 0 Å². The Kier molecular flexibility index (Phi) is 3.73. The number of benzene rings is 1. The van der Waals surface area contributed by atoms with Crippen LogP contribution in [0.4, 0.5) is 0 Å². The maximum Gasteiger partial charge on any atom is 0.343 e. The molecule has 1 aromatic rings. The molecule has 0 bridgehead atoms. The second kappa shape index (κ2) is 5.04. The number of hydrogen-bond donors (Lipinski definition) is 2. The van der Waals surface area contributed by atoms with Gasteiger partial charge in [-0.05, 0) is 5.56 Å². The van der Waals surface area contributed by atoms with Crippen molar-refractivity contribution in [3.05, 3.63) is 51.7 Å². The van der Waals surface area contributed by atoms with Crippen LogP contribution in [0.1, 0.15) is 5.56 Å². The highest BCUT2D eigenvalue weighted by atomic mass is 16.6. The van der Waals surface area contributed by atoms with E-state index in [4.69, 9.17) is 10.2 Å². The summed E-state index contributed by atoms with van der Waals surface area (Å²) in [4.78, 5) is 20.1. The molecule has 84 valence electrons. The van der Waals surface area contributed by atoms with Crippen molar-refractivity contribution in [3.63, 3.8) is 0 Å². The Hall–Kier alpha value is -2.21. The van der Waals surface area contributed by atoms with E-state index in [2.05, 4.69) is 0 Å². The van der Waals surface area contributed by atoms with Gasteiger partial charge < -0.3 is 10.2 Å². The number of nitro groups is 1. The molecule has 1 rings (SSSR count). The largest absolute Gasteiger partial charge is 0.479 e. The summed E-state index contributed by atoms with van der Waals surface area (Å²) in [5.74, 6) is -1.65. The lowest BCUT2D eigenvalue weighted by molar-refractivity contribution is -0.432. The molecule has 0 unspecified atom stereocenters. The molecule has 0 saturated carbocycles. The fourth-order valence-corrected chi connectivity index (χ4v) is 1.08. The third-order valence-electron chi connectivity index (χ3n) is 1.84. The first-order valence-corrected chi connectivity index (χ1v) is 4.34. The summed E-state index contributed by atoms with van der Waals surface area (Å²) in [5, 5.41) is 28.2. The van der Waals surface area contributed by atoms with Crippen LogP contribution in [0.5, 0.6) is 0 Å². The molecule has 0 radical (unpaired) electrons. The van der Waals surface area contributed by atoms with E-state index in [-0.39, 0.29) is 0 Å². The van der Waals surface area contributed by atoms with Gasteiger partial charge in [-0.2, -0.15) is 0 Å². The first-order chi connectivity index (χ1) is 7.52. The summed E-state index contributed by atoms with van der Waals surface area (Å²) in [6.07, 6.45) is -1.10. The van der Waals surface area contributed by atoms with Gasteiger partial charge in [0.2, 0.25) is 6.10 Å². The van der Waals surface area contributed by atoms with Gasteiger partial charge in [-0.3, -0.25) is 10.1 Å². The predicted molar refractivity (Wildman–Crippen MR) is 55.1 cm³/mol. The third kappa shape index (κ3) is 2.89. The molecule has 1 atom stereocenters. The van der Waals surface area contributed by atoms with Crippen LogP contribution in [0, 0.1) is 10.1 Å². The lowest BCUT2D eigenvalue weighted by Crippen LogP contribution is -2.26. The molecule has 0 heterocycles. The maximum atomic E-state index is 10.6. The van der Waals surface area contributed by atoms with Crippen molar-refractivity contribution < 1.29 is 19.9 Å². The van der Waals surface area contributed by atoms with Gasteiger partial charge in [0.05, 0.1) is 4.92 Å². The van der Waals surface area contributed by atoms with Crippen LogP contribution in [0.2, 0.25) is 0 Å². The Morgan fingerprint density at radius 2 is 1.94 bits per heavy atom. The topological polar surface area (TPSA) is 101 Å². The monoisotopic (exact) mass is 223 g/mol. The molecule has 0 aliphatic rings. The highest BCUT2D eigenvalue weighted by molar-refractivity contribution is 5.77. The average Bonchev–Trinajstić information content (AvgIpc) is 2.26. The predicted octanol–water partition coefficient (Wildman–Crippen LogP) is 0.750. The second-order valence-corrected chi connectivity index (χ2v) is 2.98. The number of hydrogen-bond acceptors (Lipinski definition) is 4. The van der Waals surface area contributed by atoms with Gasteiger partial charge in [-0.15, -0.1) is 0 Å². The Balaban J connectivity index is 3.08. The molecule has 6 heteroatoms. The third-order valence-corrected chi connectivity index (χ3v) is 1.84. The first-order valence-electron chi connectivity index (χ1n) is 4.34. The summed E-state index contributed by atoms with van der Waals surface area (Å²) in [5.41, 5.74) is -0.312. The molecule has 6 nitrogen and oxygen atoms in total. The molecule has 0 saturated heterocycles. The standard InChI is InChI=1S/C10H9NO5/c12-9(10(13)14)8(11(15)16)6-7-4-2-1-3-5-7/h1-6,9,12H,(H,13,14)/b8-6-/t9-/m0/s1. The fraction of sp³-hybridized carbons (Fsp3) is 0.100. The molecule has 2 N–H and O–H groups in total. The summed E-state index contributed by atoms with van der Waals surface area (Å²) >= 11 is 0. The molecule has 0 amide bonds. The zero-order valence-corrected chi connectivity index (χ0v) is 8.11. The smallest absolute Gasteiger partial charge is 0.343 e. The van der Waals surface area contributed by atoms with E-state index in [1.165, 1.54) is 0 Å². The summed E-state index contributed by atoms with van der Waals surface area (Å²) in [6, 6.07) is 8.15. The fourth-order valence-electron chi connectivity index (χ4n) is 1.08. The van der Waals surface area contributed by atoms with Crippen molar-refractivity contribution in [1.82, 2.24) is 0 Å². The summed E-state index contributed by atoms with van der Waals surface area (Å²) < 4.78 is 0. The number of carboxylic acids is 1. The molecule has 0 aromatic heterocycles. The van der Waals surface area contributed by atoms with Gasteiger partial charge in [0.25, 0.3) is 5.70 Å². The van der Waals surface area contributed by atoms with E-state index in [0.717, 1.165) is 6.08 Å². The highest BCUT2D eigenvalue weighted by Gasteiger charge is 2.28. The molecule has 1 aromatic carbocycles. The van der Waals surface area contributed by atoms with Gasteiger partial charge in [0, 0.05) is 6.08 Å². The van der Waals surface area contributed by atoms with E-state index in [9.17, 15) is 14.9 Å². The quantitative estimate of drug-likeness (QED) is 0.579. The zero-order chi connectivity index (χ0) is 12.1. The minimum atomic E-state index is -2.13. The number of carboxylic acid groups (broad SMARTS) is 1. The van der Waals surface area contributed by atoms with Gasteiger partial charge in [-0.1, -0.05) is 30.3 Å². The molecule has 0 spiro atoms. The zero-order valence-electron chi connectivity index (χ0n) is 8.11. The van der Waals surface area contributed by atoms with Gasteiger partial charge in [-0.25, -0.2) is 4.79 Å². The van der Waals surface area contributed by atoms with E-state index in [0.29, 0.717) is 5.56 Å². The normalized spacial score (nSPS) is 13.2. The van der Waals surface area contributed by atoms with Crippen molar-refractivity contribution >= 4 is 12.0 Å².